The maximum absolute atomic E-state index is 5.58. The molecular formula is C11H20N4O. The topological polar surface area (TPSA) is 66.0 Å². The molecule has 90 valence electrons. The van der Waals surface area contributed by atoms with Crippen LogP contribution in [0.4, 0.5) is 0 Å². The van der Waals surface area contributed by atoms with Crippen LogP contribution in [0, 0.1) is 5.92 Å². The van der Waals surface area contributed by atoms with Crippen LogP contribution in [0.25, 0.3) is 0 Å². The van der Waals surface area contributed by atoms with Gasteiger partial charge in [-0.25, -0.2) is 4.68 Å². The fraction of sp³-hybridized carbons (Fsp3) is 0.818. The summed E-state index contributed by atoms with van der Waals surface area (Å²) in [4.78, 5) is 0. The van der Waals surface area contributed by atoms with E-state index in [-0.39, 0.29) is 0 Å². The molecule has 1 fully saturated rings. The molecule has 0 saturated heterocycles. The Morgan fingerprint density at radius 2 is 2.31 bits per heavy atom. The molecule has 2 N–H and O–H groups in total. The predicted octanol–water partition coefficient (Wildman–Crippen LogP) is 0.378. The van der Waals surface area contributed by atoms with Gasteiger partial charge in [-0.2, -0.15) is 0 Å². The van der Waals surface area contributed by atoms with Crippen LogP contribution in [0.1, 0.15) is 24.2 Å². The summed E-state index contributed by atoms with van der Waals surface area (Å²) >= 11 is 0. The molecule has 0 bridgehead atoms. The van der Waals surface area contributed by atoms with E-state index in [1.807, 2.05) is 4.68 Å². The van der Waals surface area contributed by atoms with Gasteiger partial charge in [0.25, 0.3) is 0 Å². The van der Waals surface area contributed by atoms with E-state index in [4.69, 9.17) is 10.5 Å². The van der Waals surface area contributed by atoms with Crippen LogP contribution < -0.4 is 5.73 Å². The zero-order valence-corrected chi connectivity index (χ0v) is 9.85. The van der Waals surface area contributed by atoms with E-state index in [0.717, 1.165) is 31.0 Å². The summed E-state index contributed by atoms with van der Waals surface area (Å²) in [7, 11) is 1.71. The van der Waals surface area contributed by atoms with Crippen LogP contribution in [-0.4, -0.2) is 35.3 Å². The molecular weight excluding hydrogens is 204 g/mol. The van der Waals surface area contributed by atoms with Crippen molar-refractivity contribution in [1.29, 1.82) is 0 Å². The molecule has 1 aliphatic carbocycles. The molecule has 5 nitrogen and oxygen atoms in total. The van der Waals surface area contributed by atoms with Crippen LogP contribution in [0.3, 0.4) is 0 Å². The molecule has 1 saturated carbocycles. The molecule has 0 atom stereocenters. The Bertz CT molecular complexity index is 333. The van der Waals surface area contributed by atoms with E-state index in [1.165, 1.54) is 18.5 Å². The summed E-state index contributed by atoms with van der Waals surface area (Å²) in [6, 6.07) is 0. The summed E-state index contributed by atoms with van der Waals surface area (Å²) in [6.45, 7) is 2.11. The summed E-state index contributed by atoms with van der Waals surface area (Å²) in [5.41, 5.74) is 7.93. The zero-order chi connectivity index (χ0) is 11.4. The molecule has 2 rings (SSSR count). The average molecular weight is 224 g/mol. The fourth-order valence-electron chi connectivity index (χ4n) is 1.88. The maximum atomic E-state index is 5.58. The van der Waals surface area contributed by atoms with Gasteiger partial charge in [0.15, 0.2) is 0 Å². The van der Waals surface area contributed by atoms with Crippen molar-refractivity contribution >= 4 is 0 Å². The van der Waals surface area contributed by atoms with E-state index < -0.39 is 0 Å². The van der Waals surface area contributed by atoms with Crippen molar-refractivity contribution in [1.82, 2.24) is 15.0 Å². The second-order valence-corrected chi connectivity index (χ2v) is 4.38. The number of ether oxygens (including phenoxy) is 1. The Hall–Kier alpha value is -0.940. The third kappa shape index (κ3) is 2.80. The van der Waals surface area contributed by atoms with Crippen molar-refractivity contribution < 1.29 is 4.74 Å². The number of methoxy groups -OCH3 is 1. The Labute approximate surface area is 96.0 Å². The van der Waals surface area contributed by atoms with E-state index in [1.54, 1.807) is 7.11 Å². The third-order valence-corrected chi connectivity index (χ3v) is 2.99. The number of hydrogen-bond donors (Lipinski definition) is 1. The Morgan fingerprint density at radius 3 is 2.94 bits per heavy atom. The summed E-state index contributed by atoms with van der Waals surface area (Å²) in [5.74, 6) is 0.844. The molecule has 1 aliphatic rings. The lowest BCUT2D eigenvalue weighted by Gasteiger charge is -2.06. The Balaban J connectivity index is 2.08. The minimum atomic E-state index is 0.640. The number of aromatic nitrogens is 3. The molecule has 0 unspecified atom stereocenters. The number of nitrogens with zero attached hydrogens (tertiary/aromatic N) is 3. The van der Waals surface area contributed by atoms with Gasteiger partial charge in [-0.15, -0.1) is 5.10 Å². The molecule has 0 spiro atoms. The lowest BCUT2D eigenvalue weighted by atomic mass is 10.1. The Kier molecular flexibility index (Phi) is 3.90. The normalized spacial score (nSPS) is 15.6. The largest absolute Gasteiger partial charge is 0.383 e. The first-order valence-electron chi connectivity index (χ1n) is 5.95. The first kappa shape index (κ1) is 11.5. The van der Waals surface area contributed by atoms with Gasteiger partial charge in [0.2, 0.25) is 0 Å². The van der Waals surface area contributed by atoms with Crippen molar-refractivity contribution in [3.05, 3.63) is 11.4 Å². The minimum Gasteiger partial charge on any atom is -0.383 e. The van der Waals surface area contributed by atoms with Crippen molar-refractivity contribution in [2.24, 2.45) is 11.7 Å². The number of rotatable bonds is 7. The van der Waals surface area contributed by atoms with Gasteiger partial charge in [-0.3, -0.25) is 0 Å². The van der Waals surface area contributed by atoms with Crippen molar-refractivity contribution in [3.63, 3.8) is 0 Å². The molecule has 1 aromatic heterocycles. The highest BCUT2D eigenvalue weighted by atomic mass is 16.5. The summed E-state index contributed by atoms with van der Waals surface area (Å²) in [5, 5.41) is 8.40. The van der Waals surface area contributed by atoms with Crippen LogP contribution in [0.2, 0.25) is 0 Å². The van der Waals surface area contributed by atoms with Crippen LogP contribution in [0.5, 0.6) is 0 Å². The highest BCUT2D eigenvalue weighted by molar-refractivity contribution is 5.13. The first-order valence-corrected chi connectivity index (χ1v) is 5.95. The minimum absolute atomic E-state index is 0.640. The van der Waals surface area contributed by atoms with Gasteiger partial charge in [0.05, 0.1) is 24.5 Å². The zero-order valence-electron chi connectivity index (χ0n) is 9.85. The first-order chi connectivity index (χ1) is 7.85. The molecule has 1 aromatic rings. The number of hydrogen-bond acceptors (Lipinski definition) is 4. The van der Waals surface area contributed by atoms with Crippen LogP contribution >= 0.6 is 0 Å². The predicted molar refractivity (Wildman–Crippen MR) is 61.1 cm³/mol. The van der Waals surface area contributed by atoms with Crippen molar-refractivity contribution in [2.45, 2.75) is 32.2 Å². The smallest absolute Gasteiger partial charge is 0.0871 e. The molecule has 1 heterocycles. The SMILES string of the molecule is COCCn1nnc(CCN)c1CC1CC1. The highest BCUT2D eigenvalue weighted by Gasteiger charge is 2.25. The van der Waals surface area contributed by atoms with Crippen molar-refractivity contribution in [2.75, 3.05) is 20.3 Å². The van der Waals surface area contributed by atoms with Gasteiger partial charge in [-0.1, -0.05) is 5.21 Å². The molecule has 0 aliphatic heterocycles. The van der Waals surface area contributed by atoms with Gasteiger partial charge in [0.1, 0.15) is 0 Å². The maximum Gasteiger partial charge on any atom is 0.0871 e. The van der Waals surface area contributed by atoms with Gasteiger partial charge >= 0.3 is 0 Å². The average Bonchev–Trinajstić information content (AvgIpc) is 3.02. The molecule has 5 heteroatoms. The van der Waals surface area contributed by atoms with E-state index in [0.29, 0.717) is 13.2 Å². The van der Waals surface area contributed by atoms with Gasteiger partial charge < -0.3 is 10.5 Å². The van der Waals surface area contributed by atoms with Gasteiger partial charge in [-0.05, 0) is 31.7 Å². The van der Waals surface area contributed by atoms with Crippen LogP contribution in [-0.2, 0) is 24.1 Å². The second-order valence-electron chi connectivity index (χ2n) is 4.38. The van der Waals surface area contributed by atoms with E-state index >= 15 is 0 Å². The quantitative estimate of drug-likeness (QED) is 0.727. The standard InChI is InChI=1S/C11H20N4O/c1-16-7-6-15-11(8-9-2-3-9)10(4-5-12)13-14-15/h9H,2-8,12H2,1H3. The van der Waals surface area contributed by atoms with E-state index in [9.17, 15) is 0 Å². The molecule has 16 heavy (non-hydrogen) atoms. The van der Waals surface area contributed by atoms with Gasteiger partial charge in [0, 0.05) is 13.5 Å². The number of nitrogens with two attached hydrogens (primary N) is 1. The summed E-state index contributed by atoms with van der Waals surface area (Å²) in [6.07, 6.45) is 4.62. The monoisotopic (exact) mass is 224 g/mol. The van der Waals surface area contributed by atoms with Crippen molar-refractivity contribution in [3.8, 4) is 0 Å². The van der Waals surface area contributed by atoms with Crippen LogP contribution in [0.15, 0.2) is 0 Å². The molecule has 0 aromatic carbocycles. The lowest BCUT2D eigenvalue weighted by molar-refractivity contribution is 0.181. The lowest BCUT2D eigenvalue weighted by Crippen LogP contribution is -2.12. The summed E-state index contributed by atoms with van der Waals surface area (Å²) < 4.78 is 7.06. The molecule has 0 radical (unpaired) electrons. The third-order valence-electron chi connectivity index (χ3n) is 2.99. The fourth-order valence-corrected chi connectivity index (χ4v) is 1.88. The highest BCUT2D eigenvalue weighted by Crippen LogP contribution is 2.33. The Morgan fingerprint density at radius 1 is 1.50 bits per heavy atom. The molecule has 0 amide bonds. The second kappa shape index (κ2) is 5.41. The van der Waals surface area contributed by atoms with E-state index in [2.05, 4.69) is 10.3 Å².